The van der Waals surface area contributed by atoms with Crippen molar-refractivity contribution in [1.82, 2.24) is 10.6 Å². The van der Waals surface area contributed by atoms with Crippen molar-refractivity contribution in [2.75, 3.05) is 13.2 Å². The van der Waals surface area contributed by atoms with Gasteiger partial charge in [0.15, 0.2) is 0 Å². The second-order valence-corrected chi connectivity index (χ2v) is 4.73. The lowest BCUT2D eigenvalue weighted by Crippen LogP contribution is -2.42. The maximum Gasteiger partial charge on any atom is 0.315 e. The predicted molar refractivity (Wildman–Crippen MR) is 72.4 cm³/mol. The fourth-order valence-corrected chi connectivity index (χ4v) is 2.13. The molecule has 1 atom stereocenters. The molecular weight excluding hydrogens is 260 g/mol. The predicted octanol–water partition coefficient (Wildman–Crippen LogP) is 0.902. The Morgan fingerprint density at radius 2 is 2.05 bits per heavy atom. The minimum Gasteiger partial charge on any atom is -0.481 e. The van der Waals surface area contributed by atoms with E-state index in [-0.39, 0.29) is 18.5 Å². The molecule has 0 spiro atoms. The highest BCUT2D eigenvalue weighted by Gasteiger charge is 2.17. The minimum absolute atomic E-state index is 0.0457. The molecule has 108 valence electrons. The highest BCUT2D eigenvalue weighted by molar-refractivity contribution is 5.74. The molecule has 1 saturated heterocycles. The van der Waals surface area contributed by atoms with Crippen LogP contribution in [0.2, 0.25) is 0 Å². The fourth-order valence-electron chi connectivity index (χ4n) is 2.13. The molecule has 20 heavy (non-hydrogen) atoms. The molecule has 2 amide bonds. The maximum absolute atomic E-state index is 11.7. The molecule has 0 radical (unpaired) electrons. The second kappa shape index (κ2) is 6.91. The van der Waals surface area contributed by atoms with Gasteiger partial charge in [-0.05, 0) is 17.5 Å². The molecule has 6 nitrogen and oxygen atoms in total. The van der Waals surface area contributed by atoms with Crippen LogP contribution in [0.1, 0.15) is 17.5 Å². The number of ether oxygens (including phenoxy) is 1. The number of benzene rings is 1. The third-order valence-electron chi connectivity index (χ3n) is 3.16. The van der Waals surface area contributed by atoms with E-state index in [9.17, 15) is 9.59 Å². The van der Waals surface area contributed by atoms with Gasteiger partial charge >= 0.3 is 12.0 Å². The largest absolute Gasteiger partial charge is 0.481 e. The summed E-state index contributed by atoms with van der Waals surface area (Å²) in [7, 11) is 0. The van der Waals surface area contributed by atoms with Crippen molar-refractivity contribution in [3.63, 3.8) is 0 Å². The monoisotopic (exact) mass is 278 g/mol. The molecule has 1 unspecified atom stereocenters. The van der Waals surface area contributed by atoms with Crippen LogP contribution in [-0.4, -0.2) is 36.4 Å². The van der Waals surface area contributed by atoms with Crippen LogP contribution in [-0.2, 0) is 22.5 Å². The van der Waals surface area contributed by atoms with Gasteiger partial charge in [-0.1, -0.05) is 24.3 Å². The molecule has 0 saturated carbocycles. The van der Waals surface area contributed by atoms with Gasteiger partial charge in [0.05, 0.1) is 19.1 Å². The minimum atomic E-state index is -0.884. The van der Waals surface area contributed by atoms with E-state index in [1.54, 1.807) is 12.1 Å². The van der Waals surface area contributed by atoms with Crippen molar-refractivity contribution >= 4 is 12.0 Å². The SMILES string of the molecule is O=C(O)Cc1ccccc1CNC(=O)NC1CCOC1. The summed E-state index contributed by atoms with van der Waals surface area (Å²) in [5.74, 6) is -0.884. The summed E-state index contributed by atoms with van der Waals surface area (Å²) in [5.41, 5.74) is 1.53. The lowest BCUT2D eigenvalue weighted by atomic mass is 10.0. The molecule has 0 bridgehead atoms. The van der Waals surface area contributed by atoms with Crippen molar-refractivity contribution in [3.8, 4) is 0 Å². The standard InChI is InChI=1S/C14H18N2O4/c17-13(18)7-10-3-1-2-4-11(10)8-15-14(19)16-12-5-6-20-9-12/h1-4,12H,5-9H2,(H,17,18)(H2,15,16,19). The van der Waals surface area contributed by atoms with E-state index in [1.165, 1.54) is 0 Å². The van der Waals surface area contributed by atoms with Gasteiger partial charge in [0.2, 0.25) is 0 Å². The van der Waals surface area contributed by atoms with E-state index in [1.807, 2.05) is 12.1 Å². The Hall–Kier alpha value is -2.08. The van der Waals surface area contributed by atoms with E-state index in [0.717, 1.165) is 12.0 Å². The highest BCUT2D eigenvalue weighted by atomic mass is 16.5. The van der Waals surface area contributed by atoms with Crippen molar-refractivity contribution < 1.29 is 19.4 Å². The van der Waals surface area contributed by atoms with E-state index < -0.39 is 5.97 Å². The number of rotatable bonds is 5. The van der Waals surface area contributed by atoms with Crippen LogP contribution in [0.5, 0.6) is 0 Å². The molecule has 1 aliphatic rings. The van der Waals surface area contributed by atoms with Crippen LogP contribution in [0.25, 0.3) is 0 Å². The first kappa shape index (κ1) is 14.3. The number of amides is 2. The summed E-state index contributed by atoms with van der Waals surface area (Å²) >= 11 is 0. The number of aliphatic carboxylic acids is 1. The molecule has 6 heteroatoms. The molecule has 0 aliphatic carbocycles. The lowest BCUT2D eigenvalue weighted by Gasteiger charge is -2.13. The van der Waals surface area contributed by atoms with Gasteiger partial charge in [0.1, 0.15) is 0 Å². The Balaban J connectivity index is 1.86. The normalized spacial score (nSPS) is 17.7. The van der Waals surface area contributed by atoms with Crippen molar-refractivity contribution in [2.24, 2.45) is 0 Å². The van der Waals surface area contributed by atoms with Crippen molar-refractivity contribution in [3.05, 3.63) is 35.4 Å². The number of carboxylic acid groups (broad SMARTS) is 1. The number of carboxylic acids is 1. The number of carbonyl (C=O) groups is 2. The number of carbonyl (C=O) groups excluding carboxylic acids is 1. The molecule has 1 heterocycles. The molecule has 2 rings (SSSR count). The van der Waals surface area contributed by atoms with Crippen LogP contribution in [0.4, 0.5) is 4.79 Å². The van der Waals surface area contributed by atoms with Crippen LogP contribution >= 0.6 is 0 Å². The number of hydrogen-bond acceptors (Lipinski definition) is 3. The quantitative estimate of drug-likeness (QED) is 0.747. The molecule has 1 aromatic rings. The topological polar surface area (TPSA) is 87.7 Å². The van der Waals surface area contributed by atoms with Crippen molar-refractivity contribution in [2.45, 2.75) is 25.4 Å². The van der Waals surface area contributed by atoms with E-state index >= 15 is 0 Å². The maximum atomic E-state index is 11.7. The van der Waals surface area contributed by atoms with Gasteiger partial charge in [0, 0.05) is 13.2 Å². The van der Waals surface area contributed by atoms with Gasteiger partial charge in [-0.15, -0.1) is 0 Å². The van der Waals surface area contributed by atoms with Gasteiger partial charge in [-0.2, -0.15) is 0 Å². The summed E-state index contributed by atoms with van der Waals surface area (Å²) in [6, 6.07) is 6.99. The summed E-state index contributed by atoms with van der Waals surface area (Å²) in [6.45, 7) is 1.53. The zero-order valence-electron chi connectivity index (χ0n) is 11.1. The van der Waals surface area contributed by atoms with E-state index in [0.29, 0.717) is 25.3 Å². The first-order valence-electron chi connectivity index (χ1n) is 6.56. The molecule has 1 fully saturated rings. The Bertz CT molecular complexity index is 484. The fraction of sp³-hybridized carbons (Fsp3) is 0.429. The van der Waals surface area contributed by atoms with Crippen LogP contribution in [0.15, 0.2) is 24.3 Å². The number of nitrogens with one attached hydrogen (secondary N) is 2. The third-order valence-corrected chi connectivity index (χ3v) is 3.16. The highest BCUT2D eigenvalue weighted by Crippen LogP contribution is 2.09. The Labute approximate surface area is 117 Å². The summed E-state index contributed by atoms with van der Waals surface area (Å²) in [4.78, 5) is 22.5. The van der Waals surface area contributed by atoms with Crippen molar-refractivity contribution in [1.29, 1.82) is 0 Å². The van der Waals surface area contributed by atoms with Gasteiger partial charge in [0.25, 0.3) is 0 Å². The molecule has 1 aromatic carbocycles. The molecule has 0 aromatic heterocycles. The number of hydrogen-bond donors (Lipinski definition) is 3. The lowest BCUT2D eigenvalue weighted by molar-refractivity contribution is -0.136. The third kappa shape index (κ3) is 4.24. The average molecular weight is 278 g/mol. The van der Waals surface area contributed by atoms with Crippen LogP contribution in [0, 0.1) is 0 Å². The Morgan fingerprint density at radius 3 is 2.70 bits per heavy atom. The zero-order valence-corrected chi connectivity index (χ0v) is 11.1. The summed E-state index contributed by atoms with van der Waals surface area (Å²) in [5, 5.41) is 14.4. The van der Waals surface area contributed by atoms with Gasteiger partial charge in [-0.25, -0.2) is 4.79 Å². The number of urea groups is 1. The second-order valence-electron chi connectivity index (χ2n) is 4.73. The van der Waals surface area contributed by atoms with Crippen LogP contribution in [0.3, 0.4) is 0 Å². The first-order chi connectivity index (χ1) is 9.65. The molecular formula is C14H18N2O4. The Kier molecular flexibility index (Phi) is 4.95. The van der Waals surface area contributed by atoms with Gasteiger partial charge < -0.3 is 20.5 Å². The van der Waals surface area contributed by atoms with E-state index in [2.05, 4.69) is 10.6 Å². The molecule has 3 N–H and O–H groups in total. The summed E-state index contributed by atoms with van der Waals surface area (Å²) in [6.07, 6.45) is 0.777. The first-order valence-corrected chi connectivity index (χ1v) is 6.56. The summed E-state index contributed by atoms with van der Waals surface area (Å²) < 4.78 is 5.18. The molecule has 1 aliphatic heterocycles. The zero-order chi connectivity index (χ0) is 14.4. The average Bonchev–Trinajstić information content (AvgIpc) is 2.90. The van der Waals surface area contributed by atoms with Crippen LogP contribution < -0.4 is 10.6 Å². The van der Waals surface area contributed by atoms with Gasteiger partial charge in [-0.3, -0.25) is 4.79 Å². The Morgan fingerprint density at radius 1 is 1.30 bits per heavy atom. The smallest absolute Gasteiger partial charge is 0.315 e. The van der Waals surface area contributed by atoms with E-state index in [4.69, 9.17) is 9.84 Å².